The summed E-state index contributed by atoms with van der Waals surface area (Å²) in [6.45, 7) is 3.57. The number of hydrogen-bond acceptors (Lipinski definition) is 6. The Bertz CT molecular complexity index is 1520. The Hall–Kier alpha value is -4.47. The van der Waals surface area contributed by atoms with Gasteiger partial charge < -0.3 is 4.74 Å². The molecule has 1 heterocycles. The van der Waals surface area contributed by atoms with E-state index in [1.807, 2.05) is 30.3 Å². The summed E-state index contributed by atoms with van der Waals surface area (Å²) < 4.78 is 34.7. The second kappa shape index (κ2) is 11.7. The zero-order valence-electron chi connectivity index (χ0n) is 20.9. The predicted octanol–water partition coefficient (Wildman–Crippen LogP) is 5.41. The van der Waals surface area contributed by atoms with Crippen molar-refractivity contribution in [2.45, 2.75) is 24.8 Å². The number of rotatable bonds is 9. The van der Waals surface area contributed by atoms with Gasteiger partial charge in [-0.05, 0) is 79.6 Å². The molecule has 1 aromatic heterocycles. The van der Waals surface area contributed by atoms with E-state index in [1.165, 1.54) is 22.5 Å². The number of aromatic nitrogens is 1. The summed E-state index contributed by atoms with van der Waals surface area (Å²) in [5.74, 6) is 0.443. The maximum absolute atomic E-state index is 13.8. The lowest BCUT2D eigenvalue weighted by Crippen LogP contribution is -2.37. The van der Waals surface area contributed by atoms with Crippen LogP contribution in [-0.2, 0) is 14.8 Å². The first kappa shape index (κ1) is 26.6. The van der Waals surface area contributed by atoms with Gasteiger partial charge in [0.2, 0.25) is 0 Å². The molecule has 0 aliphatic carbocycles. The van der Waals surface area contributed by atoms with Gasteiger partial charge in [-0.15, -0.1) is 0 Å². The molecule has 0 fully saturated rings. The van der Waals surface area contributed by atoms with Gasteiger partial charge in [-0.25, -0.2) is 13.9 Å². The fraction of sp³-hybridized carbons (Fsp3) is 0.103. The van der Waals surface area contributed by atoms with Crippen LogP contribution in [0.2, 0.25) is 0 Å². The summed E-state index contributed by atoms with van der Waals surface area (Å²) >= 11 is 0. The highest BCUT2D eigenvalue weighted by molar-refractivity contribution is 7.92. The Morgan fingerprint density at radius 3 is 2.24 bits per heavy atom. The van der Waals surface area contributed by atoms with Crippen molar-refractivity contribution in [3.8, 4) is 11.5 Å². The van der Waals surface area contributed by atoms with Crippen LogP contribution in [0, 0.1) is 0 Å². The van der Waals surface area contributed by atoms with Crippen molar-refractivity contribution in [2.24, 2.45) is 0 Å². The number of benzene rings is 3. The van der Waals surface area contributed by atoms with E-state index in [0.717, 1.165) is 0 Å². The second-order valence-corrected chi connectivity index (χ2v) is 10.4. The van der Waals surface area contributed by atoms with Gasteiger partial charge in [0.25, 0.3) is 15.9 Å². The molecule has 194 valence electrons. The summed E-state index contributed by atoms with van der Waals surface area (Å²) in [6, 6.07) is 25.4. The summed E-state index contributed by atoms with van der Waals surface area (Å²) in [4.78, 5) is 16.2. The van der Waals surface area contributed by atoms with E-state index in [9.17, 15) is 13.2 Å². The average Bonchev–Trinajstić information content (AvgIpc) is 2.93. The first-order valence-corrected chi connectivity index (χ1v) is 13.3. The van der Waals surface area contributed by atoms with Gasteiger partial charge in [0.15, 0.2) is 0 Å². The predicted molar refractivity (Wildman–Crippen MR) is 145 cm³/mol. The monoisotopic (exact) mass is 529 g/mol. The van der Waals surface area contributed by atoms with Gasteiger partial charge in [-0.2, -0.15) is 0 Å². The molecular formula is C29H27N3O5S. The Labute approximate surface area is 221 Å². The number of hydrogen-bond donors (Lipinski definition) is 2. The van der Waals surface area contributed by atoms with E-state index < -0.39 is 22.0 Å². The molecule has 0 aliphatic rings. The molecule has 0 unspecified atom stereocenters. The molecule has 4 rings (SSSR count). The van der Waals surface area contributed by atoms with E-state index in [4.69, 9.17) is 9.94 Å². The lowest BCUT2D eigenvalue weighted by molar-refractivity contribution is -0.124. The third-order valence-corrected chi connectivity index (χ3v) is 7.62. The highest BCUT2D eigenvalue weighted by Crippen LogP contribution is 2.32. The van der Waals surface area contributed by atoms with E-state index >= 15 is 0 Å². The van der Waals surface area contributed by atoms with Crippen LogP contribution in [0.3, 0.4) is 0 Å². The number of hydroxylamine groups is 1. The number of nitrogens with zero attached hydrogens (tertiary/aromatic N) is 2. The zero-order valence-corrected chi connectivity index (χ0v) is 21.7. The van der Waals surface area contributed by atoms with Crippen LogP contribution in [0.4, 0.5) is 5.69 Å². The molecule has 1 amide bonds. The maximum atomic E-state index is 13.8. The first-order chi connectivity index (χ1) is 18.3. The van der Waals surface area contributed by atoms with Crippen LogP contribution in [0.1, 0.15) is 25.0 Å². The van der Waals surface area contributed by atoms with Crippen LogP contribution in [0.15, 0.2) is 114 Å². The van der Waals surface area contributed by atoms with Crippen LogP contribution in [0.25, 0.3) is 5.57 Å². The van der Waals surface area contributed by atoms with Crippen molar-refractivity contribution in [2.75, 3.05) is 4.31 Å². The summed E-state index contributed by atoms with van der Waals surface area (Å²) in [7, 11) is -3.95. The molecule has 0 aliphatic heterocycles. The van der Waals surface area contributed by atoms with Crippen LogP contribution in [-0.4, -0.2) is 30.6 Å². The topological polar surface area (TPSA) is 109 Å². The van der Waals surface area contributed by atoms with Gasteiger partial charge in [-0.1, -0.05) is 36.4 Å². The summed E-state index contributed by atoms with van der Waals surface area (Å²) in [5, 5.41) is 9.07. The van der Waals surface area contributed by atoms with Gasteiger partial charge >= 0.3 is 0 Å². The number of nitrogens with one attached hydrogen (secondary N) is 1. The van der Waals surface area contributed by atoms with Gasteiger partial charge in [0.1, 0.15) is 11.5 Å². The SMILES string of the molecule is CC(C)N(c1cccc(/C(=C\C(=O)NO)c2cccnc2)c1)S(=O)(=O)c1ccc(Oc2ccccc2)cc1. The summed E-state index contributed by atoms with van der Waals surface area (Å²) in [5.41, 5.74) is 3.69. The van der Waals surface area contributed by atoms with Crippen molar-refractivity contribution in [1.82, 2.24) is 10.5 Å². The Kier molecular flexibility index (Phi) is 8.20. The molecule has 0 atom stereocenters. The molecule has 2 N–H and O–H groups in total. The molecule has 0 spiro atoms. The number of ether oxygens (including phenoxy) is 1. The Balaban J connectivity index is 1.70. The molecule has 0 radical (unpaired) electrons. The maximum Gasteiger partial charge on any atom is 0.267 e. The van der Waals surface area contributed by atoms with Crippen molar-refractivity contribution in [3.05, 3.63) is 121 Å². The minimum absolute atomic E-state index is 0.111. The van der Waals surface area contributed by atoms with E-state index in [2.05, 4.69) is 4.98 Å². The fourth-order valence-corrected chi connectivity index (χ4v) is 5.61. The minimum Gasteiger partial charge on any atom is -0.457 e. The number of sulfonamides is 1. The third-order valence-electron chi connectivity index (χ3n) is 5.60. The molecular weight excluding hydrogens is 502 g/mol. The Morgan fingerprint density at radius 1 is 0.921 bits per heavy atom. The first-order valence-electron chi connectivity index (χ1n) is 11.8. The van der Waals surface area contributed by atoms with E-state index in [1.54, 1.807) is 80.3 Å². The average molecular weight is 530 g/mol. The highest BCUT2D eigenvalue weighted by atomic mass is 32.2. The number of para-hydroxylation sites is 1. The second-order valence-electron chi connectivity index (χ2n) is 8.61. The van der Waals surface area contributed by atoms with Crippen molar-refractivity contribution < 1.29 is 23.2 Å². The third kappa shape index (κ3) is 6.08. The van der Waals surface area contributed by atoms with Crippen LogP contribution in [0.5, 0.6) is 11.5 Å². The normalized spacial score (nSPS) is 11.7. The Morgan fingerprint density at radius 2 is 1.61 bits per heavy atom. The lowest BCUT2D eigenvalue weighted by Gasteiger charge is -2.29. The molecule has 8 nitrogen and oxygen atoms in total. The van der Waals surface area contributed by atoms with Crippen LogP contribution >= 0.6 is 0 Å². The van der Waals surface area contributed by atoms with Crippen molar-refractivity contribution in [1.29, 1.82) is 0 Å². The molecule has 4 aromatic rings. The zero-order chi connectivity index (χ0) is 27.1. The van der Waals surface area contributed by atoms with Crippen molar-refractivity contribution >= 4 is 27.2 Å². The molecule has 0 saturated carbocycles. The van der Waals surface area contributed by atoms with Crippen molar-refractivity contribution in [3.63, 3.8) is 0 Å². The number of anilines is 1. The number of carbonyl (C=O) groups excluding carboxylic acids is 1. The molecule has 9 heteroatoms. The standard InChI is InChI=1S/C29H27N3O5S/c1-21(2)32(38(35,36)27-15-13-26(14-16-27)37-25-11-4-3-5-12-25)24-10-6-8-22(18-24)28(19-29(33)31-34)23-9-7-17-30-20-23/h3-21,34H,1-2H3,(H,31,33)/b28-19+. The summed E-state index contributed by atoms with van der Waals surface area (Å²) in [6.07, 6.45) is 4.42. The lowest BCUT2D eigenvalue weighted by atomic mass is 9.98. The number of amides is 1. The van der Waals surface area contributed by atoms with Gasteiger partial charge in [0, 0.05) is 30.1 Å². The molecule has 0 bridgehead atoms. The quantitative estimate of drug-likeness (QED) is 0.170. The highest BCUT2D eigenvalue weighted by Gasteiger charge is 2.28. The minimum atomic E-state index is -3.95. The smallest absolute Gasteiger partial charge is 0.267 e. The molecule has 3 aromatic carbocycles. The van der Waals surface area contributed by atoms with Gasteiger partial charge in [-0.3, -0.25) is 19.3 Å². The van der Waals surface area contributed by atoms with Gasteiger partial charge in [0.05, 0.1) is 10.6 Å². The number of carbonyl (C=O) groups is 1. The van der Waals surface area contributed by atoms with E-state index in [-0.39, 0.29) is 4.90 Å². The molecule has 38 heavy (non-hydrogen) atoms. The van der Waals surface area contributed by atoms with E-state index in [0.29, 0.717) is 33.9 Å². The number of pyridine rings is 1. The largest absolute Gasteiger partial charge is 0.457 e. The fourth-order valence-electron chi connectivity index (χ4n) is 3.96. The molecule has 0 saturated heterocycles. The van der Waals surface area contributed by atoms with Crippen LogP contribution < -0.4 is 14.5 Å².